The second-order valence-corrected chi connectivity index (χ2v) is 8.17. The molecule has 8 heteroatoms. The molecule has 1 saturated heterocycles. The van der Waals surface area contributed by atoms with Crippen molar-refractivity contribution >= 4 is 21.6 Å². The first-order valence-corrected chi connectivity index (χ1v) is 10.3. The lowest BCUT2D eigenvalue weighted by molar-refractivity contribution is 0.0792. The minimum Gasteiger partial charge on any atom is -0.486 e. The van der Waals surface area contributed by atoms with E-state index in [1.807, 2.05) is 0 Å². The van der Waals surface area contributed by atoms with E-state index >= 15 is 0 Å². The van der Waals surface area contributed by atoms with Crippen molar-refractivity contribution in [3.63, 3.8) is 0 Å². The predicted molar refractivity (Wildman–Crippen MR) is 99.8 cm³/mol. The summed E-state index contributed by atoms with van der Waals surface area (Å²) in [6.07, 6.45) is 1.96. The van der Waals surface area contributed by atoms with Crippen LogP contribution in [0.3, 0.4) is 0 Å². The summed E-state index contributed by atoms with van der Waals surface area (Å²) < 4.78 is 39.0. The zero-order valence-electron chi connectivity index (χ0n) is 14.7. The van der Waals surface area contributed by atoms with E-state index in [4.69, 9.17) is 9.47 Å². The smallest absolute Gasteiger partial charge is 0.261 e. The molecule has 142 valence electrons. The lowest BCUT2D eigenvalue weighted by atomic mass is 10.2. The minimum absolute atomic E-state index is 0.0439. The molecule has 0 saturated carbocycles. The monoisotopic (exact) mass is 388 g/mol. The molecule has 2 aromatic rings. The van der Waals surface area contributed by atoms with Gasteiger partial charge in [-0.05, 0) is 43.2 Å². The van der Waals surface area contributed by atoms with Gasteiger partial charge in [-0.25, -0.2) is 8.42 Å². The summed E-state index contributed by atoms with van der Waals surface area (Å²) in [5, 5.41) is 0. The Kier molecular flexibility index (Phi) is 4.65. The van der Waals surface area contributed by atoms with Gasteiger partial charge in [0.2, 0.25) is 0 Å². The maximum Gasteiger partial charge on any atom is 0.261 e. The number of carbonyl (C=O) groups is 1. The van der Waals surface area contributed by atoms with Gasteiger partial charge in [-0.2, -0.15) is 0 Å². The van der Waals surface area contributed by atoms with E-state index in [9.17, 15) is 13.2 Å². The molecule has 2 aliphatic rings. The third-order valence-corrected chi connectivity index (χ3v) is 5.96. The van der Waals surface area contributed by atoms with E-state index in [2.05, 4.69) is 4.72 Å². The third kappa shape index (κ3) is 3.71. The molecule has 0 bridgehead atoms. The zero-order valence-corrected chi connectivity index (χ0v) is 15.5. The van der Waals surface area contributed by atoms with Gasteiger partial charge in [0.15, 0.2) is 11.5 Å². The number of rotatable bonds is 4. The first kappa shape index (κ1) is 17.7. The third-order valence-electron chi connectivity index (χ3n) is 4.58. The van der Waals surface area contributed by atoms with Gasteiger partial charge in [0, 0.05) is 24.7 Å². The first-order chi connectivity index (χ1) is 13.0. The number of ether oxygens (including phenoxy) is 2. The molecule has 0 aromatic heterocycles. The number of nitrogens with one attached hydrogen (secondary N) is 1. The van der Waals surface area contributed by atoms with Crippen molar-refractivity contribution in [3.8, 4) is 11.5 Å². The summed E-state index contributed by atoms with van der Waals surface area (Å²) in [6.45, 7) is 2.32. The summed E-state index contributed by atoms with van der Waals surface area (Å²) in [5.74, 6) is 0.950. The molecule has 0 spiro atoms. The molecule has 1 fully saturated rings. The number of anilines is 1. The molecule has 1 N–H and O–H groups in total. The van der Waals surface area contributed by atoms with Gasteiger partial charge >= 0.3 is 0 Å². The molecule has 0 aliphatic carbocycles. The van der Waals surface area contributed by atoms with Crippen LogP contribution < -0.4 is 14.2 Å². The molecule has 0 unspecified atom stereocenters. The molecule has 0 radical (unpaired) electrons. The SMILES string of the molecule is O=C(c1cccc(S(=O)(=O)Nc2ccc3c(c2)OCCO3)c1)N1CCCC1. The zero-order chi connectivity index (χ0) is 18.9. The molecular weight excluding hydrogens is 368 g/mol. The fraction of sp³-hybridized carbons (Fsp3) is 0.316. The van der Waals surface area contributed by atoms with E-state index in [-0.39, 0.29) is 10.8 Å². The average molecular weight is 388 g/mol. The van der Waals surface area contributed by atoms with Gasteiger partial charge in [-0.1, -0.05) is 6.07 Å². The van der Waals surface area contributed by atoms with Gasteiger partial charge in [-0.15, -0.1) is 0 Å². The maximum absolute atomic E-state index is 12.8. The summed E-state index contributed by atoms with van der Waals surface area (Å²) >= 11 is 0. The van der Waals surface area contributed by atoms with Gasteiger partial charge in [0.1, 0.15) is 13.2 Å². The van der Waals surface area contributed by atoms with Gasteiger partial charge in [0.25, 0.3) is 15.9 Å². The van der Waals surface area contributed by atoms with Crippen LogP contribution in [0.2, 0.25) is 0 Å². The van der Waals surface area contributed by atoms with E-state index in [1.54, 1.807) is 35.2 Å². The molecule has 1 amide bonds. The van der Waals surface area contributed by atoms with Crippen LogP contribution in [0.15, 0.2) is 47.4 Å². The molecular formula is C19H20N2O5S. The molecule has 2 aromatic carbocycles. The van der Waals surface area contributed by atoms with Crippen LogP contribution in [0.1, 0.15) is 23.2 Å². The molecule has 0 atom stereocenters. The fourth-order valence-corrected chi connectivity index (χ4v) is 4.31. The number of nitrogens with zero attached hydrogens (tertiary/aromatic N) is 1. The number of amides is 1. The Morgan fingerprint density at radius 1 is 0.963 bits per heavy atom. The number of benzene rings is 2. The molecule has 2 heterocycles. The number of likely N-dealkylation sites (tertiary alicyclic amines) is 1. The van der Waals surface area contributed by atoms with E-state index in [0.29, 0.717) is 49.1 Å². The Balaban J connectivity index is 1.57. The Morgan fingerprint density at radius 3 is 2.48 bits per heavy atom. The maximum atomic E-state index is 12.8. The second kappa shape index (κ2) is 7.11. The number of fused-ring (bicyclic) bond motifs is 1. The van der Waals surface area contributed by atoms with Crippen LogP contribution in [0.25, 0.3) is 0 Å². The van der Waals surface area contributed by atoms with Crippen LogP contribution in [-0.2, 0) is 10.0 Å². The predicted octanol–water partition coefficient (Wildman–Crippen LogP) is 2.49. The minimum atomic E-state index is -3.84. The van der Waals surface area contributed by atoms with E-state index < -0.39 is 10.0 Å². The Hall–Kier alpha value is -2.74. The van der Waals surface area contributed by atoms with Crippen LogP contribution in [0.5, 0.6) is 11.5 Å². The highest BCUT2D eigenvalue weighted by Crippen LogP contribution is 2.33. The average Bonchev–Trinajstić information content (AvgIpc) is 3.22. The topological polar surface area (TPSA) is 84.9 Å². The Labute approximate surface area is 157 Å². The van der Waals surface area contributed by atoms with Crippen LogP contribution in [0, 0.1) is 0 Å². The normalized spacial score (nSPS) is 16.2. The van der Waals surface area contributed by atoms with Crippen LogP contribution in [0.4, 0.5) is 5.69 Å². The summed E-state index contributed by atoms with van der Waals surface area (Å²) in [4.78, 5) is 14.3. The molecule has 7 nitrogen and oxygen atoms in total. The highest BCUT2D eigenvalue weighted by Gasteiger charge is 2.22. The van der Waals surface area contributed by atoms with Crippen molar-refractivity contribution in [2.24, 2.45) is 0 Å². The summed E-state index contributed by atoms with van der Waals surface area (Å²) in [7, 11) is -3.84. The molecule has 4 rings (SSSR count). The van der Waals surface area contributed by atoms with Crippen LogP contribution >= 0.6 is 0 Å². The molecule has 27 heavy (non-hydrogen) atoms. The summed E-state index contributed by atoms with van der Waals surface area (Å²) in [6, 6.07) is 11.0. The largest absolute Gasteiger partial charge is 0.486 e. The lowest BCUT2D eigenvalue weighted by Crippen LogP contribution is -2.27. The first-order valence-electron chi connectivity index (χ1n) is 8.85. The van der Waals surface area contributed by atoms with Crippen molar-refractivity contribution in [1.82, 2.24) is 4.90 Å². The molecule has 2 aliphatic heterocycles. The highest BCUT2D eigenvalue weighted by atomic mass is 32.2. The van der Waals surface area contributed by atoms with Gasteiger partial charge < -0.3 is 14.4 Å². The Morgan fingerprint density at radius 2 is 1.70 bits per heavy atom. The number of hydrogen-bond acceptors (Lipinski definition) is 5. The van der Waals surface area contributed by atoms with E-state index in [0.717, 1.165) is 12.8 Å². The number of carbonyl (C=O) groups excluding carboxylic acids is 1. The van der Waals surface area contributed by atoms with Crippen molar-refractivity contribution in [3.05, 3.63) is 48.0 Å². The van der Waals surface area contributed by atoms with Crippen molar-refractivity contribution in [2.75, 3.05) is 31.0 Å². The number of sulfonamides is 1. The fourth-order valence-electron chi connectivity index (χ4n) is 3.22. The lowest BCUT2D eigenvalue weighted by Gasteiger charge is -2.19. The summed E-state index contributed by atoms with van der Waals surface area (Å²) in [5.41, 5.74) is 0.748. The van der Waals surface area contributed by atoms with Crippen molar-refractivity contribution in [1.29, 1.82) is 0 Å². The standard InChI is InChI=1S/C19H20N2O5S/c22-19(21-8-1-2-9-21)14-4-3-5-16(12-14)27(23,24)20-15-6-7-17-18(13-15)26-11-10-25-17/h3-7,12-13,20H,1-2,8-11H2. The van der Waals surface area contributed by atoms with Gasteiger partial charge in [0.05, 0.1) is 10.6 Å². The number of hydrogen-bond donors (Lipinski definition) is 1. The van der Waals surface area contributed by atoms with E-state index in [1.165, 1.54) is 12.1 Å². The van der Waals surface area contributed by atoms with Gasteiger partial charge in [-0.3, -0.25) is 9.52 Å². The van der Waals surface area contributed by atoms with Crippen molar-refractivity contribution < 1.29 is 22.7 Å². The van der Waals surface area contributed by atoms with Crippen molar-refractivity contribution in [2.45, 2.75) is 17.7 Å². The Bertz CT molecular complexity index is 968. The van der Waals surface area contributed by atoms with Crippen LogP contribution in [-0.4, -0.2) is 45.5 Å². The quantitative estimate of drug-likeness (QED) is 0.870. The highest BCUT2D eigenvalue weighted by molar-refractivity contribution is 7.92. The second-order valence-electron chi connectivity index (χ2n) is 6.49.